The highest BCUT2D eigenvalue weighted by molar-refractivity contribution is 7.13. The summed E-state index contributed by atoms with van der Waals surface area (Å²) >= 11 is 7.89. The number of halogens is 1. The van der Waals surface area contributed by atoms with E-state index in [9.17, 15) is 4.79 Å². The Morgan fingerprint density at radius 1 is 1.15 bits per heavy atom. The second-order valence-corrected chi connectivity index (χ2v) is 7.72. The van der Waals surface area contributed by atoms with Crippen LogP contribution in [0.15, 0.2) is 53.9 Å². The maximum atomic E-state index is 12.5. The Labute approximate surface area is 167 Å². The number of rotatable bonds is 5. The fraction of sp³-hybridized carbons (Fsp3) is 0.238. The molecule has 0 bridgehead atoms. The van der Waals surface area contributed by atoms with Crippen LogP contribution in [0.1, 0.15) is 28.9 Å². The minimum absolute atomic E-state index is 0.00828. The molecule has 6 heteroatoms. The average molecular weight is 399 g/mol. The van der Waals surface area contributed by atoms with Gasteiger partial charge in [-0.15, -0.1) is 11.3 Å². The fourth-order valence-corrected chi connectivity index (χ4v) is 4.23. The Morgan fingerprint density at radius 3 is 2.67 bits per heavy atom. The van der Waals surface area contributed by atoms with Crippen molar-refractivity contribution in [3.63, 3.8) is 0 Å². The van der Waals surface area contributed by atoms with Crippen LogP contribution < -0.4 is 4.74 Å². The number of ether oxygens (including phenoxy) is 1. The van der Waals surface area contributed by atoms with Crippen LogP contribution in [0.3, 0.4) is 0 Å². The van der Waals surface area contributed by atoms with Crippen LogP contribution in [0.2, 0.25) is 5.02 Å². The third-order valence-corrected chi connectivity index (χ3v) is 5.72. The number of hydrogen-bond acceptors (Lipinski definition) is 4. The molecule has 1 aromatic heterocycles. The van der Waals surface area contributed by atoms with Gasteiger partial charge in [-0.05, 0) is 36.6 Å². The lowest BCUT2D eigenvalue weighted by molar-refractivity contribution is 0.0788. The number of carbonyl (C=O) groups excluding carboxylic acids is 1. The van der Waals surface area contributed by atoms with Crippen LogP contribution in [0, 0.1) is 0 Å². The molecule has 1 aliphatic heterocycles. The summed E-state index contributed by atoms with van der Waals surface area (Å²) in [5.74, 6) is 0.714. The predicted octanol–water partition coefficient (Wildman–Crippen LogP) is 5.28. The van der Waals surface area contributed by atoms with Crippen LogP contribution in [-0.4, -0.2) is 28.9 Å². The lowest BCUT2D eigenvalue weighted by Crippen LogP contribution is -2.27. The molecule has 2 aromatic carbocycles. The highest BCUT2D eigenvalue weighted by atomic mass is 35.5. The molecule has 0 saturated carbocycles. The highest BCUT2D eigenvalue weighted by Crippen LogP contribution is 2.33. The first-order chi connectivity index (χ1) is 13.2. The smallest absolute Gasteiger partial charge is 0.273 e. The molecule has 0 atom stereocenters. The van der Waals surface area contributed by atoms with E-state index in [1.54, 1.807) is 6.07 Å². The number of nitrogens with zero attached hydrogens (tertiary/aromatic N) is 2. The van der Waals surface area contributed by atoms with Gasteiger partial charge in [-0.3, -0.25) is 4.79 Å². The van der Waals surface area contributed by atoms with E-state index in [0.717, 1.165) is 42.1 Å². The van der Waals surface area contributed by atoms with Crippen molar-refractivity contribution in [3.05, 3.63) is 70.2 Å². The van der Waals surface area contributed by atoms with Crippen molar-refractivity contribution in [2.75, 3.05) is 13.1 Å². The summed E-state index contributed by atoms with van der Waals surface area (Å²) in [6.07, 6.45) is 2.14. The maximum Gasteiger partial charge on any atom is 0.273 e. The van der Waals surface area contributed by atoms with E-state index in [1.807, 2.05) is 52.7 Å². The van der Waals surface area contributed by atoms with Gasteiger partial charge in [0.1, 0.15) is 23.1 Å². The van der Waals surface area contributed by atoms with E-state index >= 15 is 0 Å². The summed E-state index contributed by atoms with van der Waals surface area (Å²) in [6.45, 7) is 2.13. The molecule has 0 spiro atoms. The molecule has 0 aliphatic carbocycles. The quantitative estimate of drug-likeness (QED) is 0.587. The Hall–Kier alpha value is -2.37. The zero-order valence-corrected chi connectivity index (χ0v) is 16.3. The van der Waals surface area contributed by atoms with E-state index < -0.39 is 0 Å². The summed E-state index contributed by atoms with van der Waals surface area (Å²) in [6, 6.07) is 15.6. The van der Waals surface area contributed by atoms with Gasteiger partial charge in [0.15, 0.2) is 0 Å². The van der Waals surface area contributed by atoms with Gasteiger partial charge >= 0.3 is 0 Å². The summed E-state index contributed by atoms with van der Waals surface area (Å²) < 4.78 is 5.81. The largest absolute Gasteiger partial charge is 0.489 e. The molecular formula is C21H19ClN2O2S. The molecule has 1 amide bonds. The van der Waals surface area contributed by atoms with Gasteiger partial charge < -0.3 is 9.64 Å². The number of carbonyl (C=O) groups is 1. The van der Waals surface area contributed by atoms with Gasteiger partial charge in [0, 0.05) is 24.0 Å². The van der Waals surface area contributed by atoms with E-state index in [-0.39, 0.29) is 5.91 Å². The number of thiazole rings is 1. The molecule has 3 aromatic rings. The van der Waals surface area contributed by atoms with Gasteiger partial charge in [0.25, 0.3) is 5.91 Å². The van der Waals surface area contributed by atoms with Crippen LogP contribution in [0.4, 0.5) is 0 Å². The van der Waals surface area contributed by atoms with Gasteiger partial charge in [-0.1, -0.05) is 41.9 Å². The van der Waals surface area contributed by atoms with Crippen molar-refractivity contribution >= 4 is 28.8 Å². The zero-order chi connectivity index (χ0) is 18.6. The number of likely N-dealkylation sites (tertiary alicyclic amines) is 1. The SMILES string of the molecule is O=C(c1csc(-c2ccc(OCc3ccccc3)cc2Cl)n1)N1CCCC1. The molecule has 0 N–H and O–H groups in total. The lowest BCUT2D eigenvalue weighted by atomic mass is 10.2. The Balaban J connectivity index is 1.47. The molecule has 1 aliphatic rings. The summed E-state index contributed by atoms with van der Waals surface area (Å²) in [5.41, 5.74) is 2.41. The van der Waals surface area contributed by atoms with Crippen LogP contribution in [0.25, 0.3) is 10.6 Å². The van der Waals surface area contributed by atoms with Gasteiger partial charge in [-0.25, -0.2) is 4.98 Å². The van der Waals surface area contributed by atoms with E-state index in [0.29, 0.717) is 23.1 Å². The Kier molecular flexibility index (Phi) is 5.41. The molecule has 27 heavy (non-hydrogen) atoms. The predicted molar refractivity (Wildman–Crippen MR) is 108 cm³/mol. The van der Waals surface area contributed by atoms with Crippen LogP contribution >= 0.6 is 22.9 Å². The van der Waals surface area contributed by atoms with Crippen LogP contribution in [-0.2, 0) is 6.61 Å². The van der Waals surface area contributed by atoms with Gasteiger partial charge in [0.05, 0.1) is 5.02 Å². The maximum absolute atomic E-state index is 12.5. The van der Waals surface area contributed by atoms with Gasteiger partial charge in [-0.2, -0.15) is 0 Å². The van der Waals surface area contributed by atoms with Crippen molar-refractivity contribution in [3.8, 4) is 16.3 Å². The molecular weight excluding hydrogens is 380 g/mol. The van der Waals surface area contributed by atoms with E-state index in [4.69, 9.17) is 16.3 Å². The first-order valence-electron chi connectivity index (χ1n) is 8.92. The van der Waals surface area contributed by atoms with Gasteiger partial charge in [0.2, 0.25) is 0 Å². The minimum Gasteiger partial charge on any atom is -0.489 e. The van der Waals surface area contributed by atoms with Crippen molar-refractivity contribution in [1.29, 1.82) is 0 Å². The second-order valence-electron chi connectivity index (χ2n) is 6.45. The summed E-state index contributed by atoms with van der Waals surface area (Å²) in [7, 11) is 0. The molecule has 2 heterocycles. The standard InChI is InChI=1S/C21H19ClN2O2S/c22-18-12-16(26-13-15-6-2-1-3-7-15)8-9-17(18)20-23-19(14-27-20)21(25)24-10-4-5-11-24/h1-3,6-9,12,14H,4-5,10-11,13H2. The third-order valence-electron chi connectivity index (χ3n) is 4.54. The average Bonchev–Trinajstić information content (AvgIpc) is 3.39. The Bertz CT molecular complexity index is 936. The number of amides is 1. The Morgan fingerprint density at radius 2 is 1.93 bits per heavy atom. The minimum atomic E-state index is 0.00828. The number of aromatic nitrogens is 1. The number of benzene rings is 2. The first kappa shape index (κ1) is 18.0. The first-order valence-corrected chi connectivity index (χ1v) is 10.2. The second kappa shape index (κ2) is 8.11. The molecule has 0 radical (unpaired) electrons. The molecule has 1 saturated heterocycles. The van der Waals surface area contributed by atoms with Crippen molar-refractivity contribution < 1.29 is 9.53 Å². The molecule has 4 nitrogen and oxygen atoms in total. The van der Waals surface area contributed by atoms with Crippen molar-refractivity contribution in [2.24, 2.45) is 0 Å². The zero-order valence-electron chi connectivity index (χ0n) is 14.7. The lowest BCUT2D eigenvalue weighted by Gasteiger charge is -2.12. The topological polar surface area (TPSA) is 42.4 Å². The molecule has 1 fully saturated rings. The summed E-state index contributed by atoms with van der Waals surface area (Å²) in [5, 5.41) is 3.12. The molecule has 0 unspecified atom stereocenters. The van der Waals surface area contributed by atoms with Crippen molar-refractivity contribution in [2.45, 2.75) is 19.4 Å². The normalized spacial score (nSPS) is 13.7. The van der Waals surface area contributed by atoms with E-state index in [1.165, 1.54) is 11.3 Å². The highest BCUT2D eigenvalue weighted by Gasteiger charge is 2.22. The molecule has 138 valence electrons. The number of hydrogen-bond donors (Lipinski definition) is 0. The summed E-state index contributed by atoms with van der Waals surface area (Å²) in [4.78, 5) is 18.8. The monoisotopic (exact) mass is 398 g/mol. The molecule has 4 rings (SSSR count). The van der Waals surface area contributed by atoms with Crippen LogP contribution in [0.5, 0.6) is 5.75 Å². The van der Waals surface area contributed by atoms with Crippen molar-refractivity contribution in [1.82, 2.24) is 9.88 Å². The third kappa shape index (κ3) is 4.15. The fourth-order valence-electron chi connectivity index (χ4n) is 3.08. The van der Waals surface area contributed by atoms with E-state index in [2.05, 4.69) is 4.98 Å².